The number of amides is 2. The minimum Gasteiger partial charge on any atom is -0.330 e. The molecule has 7 nitrogen and oxygen atoms in total. The lowest BCUT2D eigenvalue weighted by atomic mass is 10.0. The number of likely N-dealkylation sites (tertiary alicyclic amines) is 1. The largest absolute Gasteiger partial charge is 0.330 e. The van der Waals surface area contributed by atoms with Crippen LogP contribution in [0.1, 0.15) is 43.0 Å². The Bertz CT molecular complexity index is 696. The quantitative estimate of drug-likeness (QED) is 0.824. The van der Waals surface area contributed by atoms with Crippen molar-refractivity contribution in [2.45, 2.75) is 38.6 Å². The Hall–Kier alpha value is -1.89. The summed E-state index contributed by atoms with van der Waals surface area (Å²) in [4.78, 5) is 26.2. The number of hydrazone groups is 1. The second-order valence-corrected chi connectivity index (χ2v) is 6.39. The minimum atomic E-state index is -0.105. The summed E-state index contributed by atoms with van der Waals surface area (Å²) in [6.45, 7) is 2.58. The summed E-state index contributed by atoms with van der Waals surface area (Å²) < 4.78 is 1.64. The summed E-state index contributed by atoms with van der Waals surface area (Å²) in [5.74, 6) is -0.170. The summed E-state index contributed by atoms with van der Waals surface area (Å²) in [5, 5.41) is 10.3. The first-order valence-corrected chi connectivity index (χ1v) is 8.12. The van der Waals surface area contributed by atoms with E-state index in [0.717, 1.165) is 24.1 Å². The first kappa shape index (κ1) is 16.0. The van der Waals surface area contributed by atoms with E-state index < -0.39 is 0 Å². The van der Waals surface area contributed by atoms with Crippen LogP contribution in [0.2, 0.25) is 5.15 Å². The average Bonchev–Trinajstić information content (AvgIpc) is 3.06. The normalized spacial score (nSPS) is 21.8. The summed E-state index contributed by atoms with van der Waals surface area (Å²) in [5.41, 5.74) is 2.21. The van der Waals surface area contributed by atoms with Gasteiger partial charge < -0.3 is 4.90 Å². The first-order valence-electron chi connectivity index (χ1n) is 7.74. The molecule has 0 aromatic carbocycles. The third kappa shape index (κ3) is 2.73. The van der Waals surface area contributed by atoms with Gasteiger partial charge in [0.15, 0.2) is 0 Å². The van der Waals surface area contributed by atoms with Gasteiger partial charge >= 0.3 is 0 Å². The van der Waals surface area contributed by atoms with Gasteiger partial charge in [-0.15, -0.1) is 0 Å². The fourth-order valence-corrected chi connectivity index (χ4v) is 3.62. The summed E-state index contributed by atoms with van der Waals surface area (Å²) in [7, 11) is 3.38. The van der Waals surface area contributed by atoms with Gasteiger partial charge in [-0.2, -0.15) is 10.2 Å². The van der Waals surface area contributed by atoms with E-state index in [1.807, 2.05) is 11.8 Å². The number of halogens is 1. The predicted octanol–water partition coefficient (Wildman–Crippen LogP) is 1.65. The van der Waals surface area contributed by atoms with E-state index in [4.69, 9.17) is 11.6 Å². The standard InChI is InChI=1S/C15H20ClN5O2/c1-9-13(14(16)20(3)17-9)11-5-4-8-21(11)15(23)10-6-7-12(22)19(2)18-10/h11H,4-8H2,1-3H3/t11-/m0/s1. The average molecular weight is 338 g/mol. The number of carbonyl (C=O) groups excluding carboxylic acids is 2. The molecule has 1 atom stereocenters. The third-order valence-corrected chi connectivity index (χ3v) is 4.95. The third-order valence-electron chi connectivity index (χ3n) is 4.50. The minimum absolute atomic E-state index is 0.0642. The summed E-state index contributed by atoms with van der Waals surface area (Å²) in [6, 6.07) is -0.0747. The fourth-order valence-electron chi connectivity index (χ4n) is 3.32. The lowest BCUT2D eigenvalue weighted by Crippen LogP contribution is -2.40. The molecule has 0 unspecified atom stereocenters. The molecule has 3 rings (SSSR count). The number of hydrogen-bond donors (Lipinski definition) is 0. The van der Waals surface area contributed by atoms with Crippen molar-refractivity contribution in [2.75, 3.05) is 13.6 Å². The van der Waals surface area contributed by atoms with E-state index in [1.165, 1.54) is 5.01 Å². The molecule has 2 amide bonds. The lowest BCUT2D eigenvalue weighted by Gasteiger charge is -2.27. The number of carbonyl (C=O) groups is 2. The molecular formula is C15H20ClN5O2. The van der Waals surface area contributed by atoms with Gasteiger partial charge in [0.1, 0.15) is 10.9 Å². The Kier molecular flexibility index (Phi) is 4.14. The van der Waals surface area contributed by atoms with Crippen molar-refractivity contribution >= 4 is 29.1 Å². The highest BCUT2D eigenvalue weighted by molar-refractivity contribution is 6.39. The van der Waals surface area contributed by atoms with Gasteiger partial charge in [-0.05, 0) is 19.8 Å². The zero-order valence-electron chi connectivity index (χ0n) is 13.5. The van der Waals surface area contributed by atoms with Crippen LogP contribution in [0.4, 0.5) is 0 Å². The summed E-state index contributed by atoms with van der Waals surface area (Å²) in [6.07, 6.45) is 2.50. The second kappa shape index (κ2) is 5.96. The molecule has 8 heteroatoms. The van der Waals surface area contributed by atoms with E-state index in [2.05, 4.69) is 10.2 Å². The Morgan fingerprint density at radius 2 is 2.04 bits per heavy atom. The molecule has 1 saturated heterocycles. The molecule has 2 aliphatic rings. The Balaban J connectivity index is 1.89. The molecule has 0 spiro atoms. The van der Waals surface area contributed by atoms with Crippen molar-refractivity contribution in [1.29, 1.82) is 0 Å². The molecule has 0 radical (unpaired) electrons. The highest BCUT2D eigenvalue weighted by Gasteiger charge is 2.36. The maximum atomic E-state index is 12.9. The van der Waals surface area contributed by atoms with Gasteiger partial charge in [-0.1, -0.05) is 11.6 Å². The number of hydrogen-bond acceptors (Lipinski definition) is 4. The van der Waals surface area contributed by atoms with Crippen LogP contribution in [0, 0.1) is 6.92 Å². The van der Waals surface area contributed by atoms with E-state index in [1.54, 1.807) is 18.8 Å². The monoisotopic (exact) mass is 337 g/mol. The summed E-state index contributed by atoms with van der Waals surface area (Å²) >= 11 is 6.37. The van der Waals surface area contributed by atoms with Crippen molar-refractivity contribution in [3.8, 4) is 0 Å². The number of rotatable bonds is 2. The highest BCUT2D eigenvalue weighted by Crippen LogP contribution is 2.37. The predicted molar refractivity (Wildman–Crippen MR) is 86.1 cm³/mol. The maximum absolute atomic E-state index is 12.9. The second-order valence-electron chi connectivity index (χ2n) is 6.03. The molecule has 0 bridgehead atoms. The van der Waals surface area contributed by atoms with Crippen LogP contribution in [0.5, 0.6) is 0 Å². The molecular weight excluding hydrogens is 318 g/mol. The molecule has 0 saturated carbocycles. The van der Waals surface area contributed by atoms with Crippen LogP contribution in [0.3, 0.4) is 0 Å². The highest BCUT2D eigenvalue weighted by atomic mass is 35.5. The molecule has 23 heavy (non-hydrogen) atoms. The van der Waals surface area contributed by atoms with Crippen molar-refractivity contribution in [1.82, 2.24) is 19.7 Å². The van der Waals surface area contributed by atoms with Crippen molar-refractivity contribution in [3.05, 3.63) is 16.4 Å². The lowest BCUT2D eigenvalue weighted by molar-refractivity contribution is -0.130. The fraction of sp³-hybridized carbons (Fsp3) is 0.600. The molecule has 0 N–H and O–H groups in total. The molecule has 1 aromatic heterocycles. The van der Waals surface area contributed by atoms with Gasteiger partial charge in [-0.3, -0.25) is 14.3 Å². The molecule has 1 fully saturated rings. The Morgan fingerprint density at radius 3 is 2.65 bits per heavy atom. The maximum Gasteiger partial charge on any atom is 0.270 e. The van der Waals surface area contributed by atoms with Crippen LogP contribution < -0.4 is 0 Å². The van der Waals surface area contributed by atoms with Gasteiger partial charge in [-0.25, -0.2) is 5.01 Å². The van der Waals surface area contributed by atoms with Gasteiger partial charge in [0.2, 0.25) is 5.91 Å². The van der Waals surface area contributed by atoms with Crippen molar-refractivity contribution in [3.63, 3.8) is 0 Å². The molecule has 3 heterocycles. The Morgan fingerprint density at radius 1 is 1.30 bits per heavy atom. The van der Waals surface area contributed by atoms with Crippen molar-refractivity contribution < 1.29 is 9.59 Å². The van der Waals surface area contributed by atoms with Gasteiger partial charge in [0.05, 0.1) is 11.7 Å². The molecule has 1 aromatic rings. The SMILES string of the molecule is Cc1nn(C)c(Cl)c1[C@@H]1CCCN1C(=O)C1=NN(C)C(=O)CC1. The smallest absolute Gasteiger partial charge is 0.270 e. The molecule has 2 aliphatic heterocycles. The van der Waals surface area contributed by atoms with E-state index >= 15 is 0 Å². The zero-order chi connectivity index (χ0) is 16.7. The van der Waals surface area contributed by atoms with Crippen LogP contribution in [-0.2, 0) is 16.6 Å². The van der Waals surface area contributed by atoms with Crippen LogP contribution in [0.25, 0.3) is 0 Å². The van der Waals surface area contributed by atoms with E-state index in [9.17, 15) is 9.59 Å². The van der Waals surface area contributed by atoms with Crippen LogP contribution in [0.15, 0.2) is 5.10 Å². The first-order chi connectivity index (χ1) is 10.9. The van der Waals surface area contributed by atoms with E-state index in [0.29, 0.717) is 30.3 Å². The van der Waals surface area contributed by atoms with Crippen molar-refractivity contribution in [2.24, 2.45) is 12.1 Å². The van der Waals surface area contributed by atoms with Crippen LogP contribution in [-0.4, -0.2) is 50.8 Å². The van der Waals surface area contributed by atoms with Gasteiger partial charge in [0, 0.05) is 39.0 Å². The van der Waals surface area contributed by atoms with E-state index in [-0.39, 0.29) is 17.9 Å². The topological polar surface area (TPSA) is 70.8 Å². The van der Waals surface area contributed by atoms with Crippen LogP contribution >= 0.6 is 11.6 Å². The number of nitrogens with zero attached hydrogens (tertiary/aromatic N) is 5. The molecule has 124 valence electrons. The number of aryl methyl sites for hydroxylation is 2. The number of aromatic nitrogens is 2. The molecule has 0 aliphatic carbocycles. The zero-order valence-corrected chi connectivity index (χ0v) is 14.3. The Labute approximate surface area is 139 Å². The van der Waals surface area contributed by atoms with Gasteiger partial charge in [0.25, 0.3) is 5.91 Å².